The minimum atomic E-state index is -0.761. The monoisotopic (exact) mass is 488 g/mol. The number of likely N-dealkylation sites (N-methyl/N-ethyl adjacent to an activating group) is 1. The highest BCUT2D eigenvalue weighted by Crippen LogP contribution is 2.42. The van der Waals surface area contributed by atoms with E-state index >= 15 is 0 Å². The van der Waals surface area contributed by atoms with Gasteiger partial charge in [-0.25, -0.2) is 0 Å². The first-order chi connectivity index (χ1) is 17.4. The van der Waals surface area contributed by atoms with Crippen LogP contribution in [0.15, 0.2) is 66.2 Å². The molecule has 3 aromatic rings. The van der Waals surface area contributed by atoms with Gasteiger partial charge in [-0.1, -0.05) is 50.2 Å². The average Bonchev–Trinajstić information content (AvgIpc) is 3.17. The molecule has 1 aliphatic rings. The van der Waals surface area contributed by atoms with Crippen LogP contribution >= 0.6 is 0 Å². The van der Waals surface area contributed by atoms with Gasteiger partial charge in [0, 0.05) is 24.2 Å². The van der Waals surface area contributed by atoms with E-state index in [0.717, 1.165) is 29.6 Å². The molecule has 0 aromatic heterocycles. The van der Waals surface area contributed by atoms with Crippen LogP contribution < -0.4 is 9.47 Å². The molecule has 7 heteroatoms. The maximum absolute atomic E-state index is 13.4. The molecule has 1 unspecified atom stereocenters. The van der Waals surface area contributed by atoms with Gasteiger partial charge in [-0.2, -0.15) is 0 Å². The number of nitrogens with zero attached hydrogens (tertiary/aromatic N) is 2. The first-order valence-corrected chi connectivity index (χ1v) is 12.1. The Balaban J connectivity index is 1.84. The average molecular weight is 489 g/mol. The fourth-order valence-electron chi connectivity index (χ4n) is 4.77. The van der Waals surface area contributed by atoms with Crippen molar-refractivity contribution in [2.24, 2.45) is 0 Å². The van der Waals surface area contributed by atoms with Crippen molar-refractivity contribution in [3.05, 3.63) is 77.4 Å². The molecule has 188 valence electrons. The number of ketones is 1. The molecule has 1 saturated heterocycles. The highest BCUT2D eigenvalue weighted by molar-refractivity contribution is 6.46. The summed E-state index contributed by atoms with van der Waals surface area (Å²) in [5.74, 6) is -0.238. The largest absolute Gasteiger partial charge is 0.507 e. The third-order valence-electron chi connectivity index (χ3n) is 6.85. The third-order valence-corrected chi connectivity index (χ3v) is 6.85. The molecule has 1 N–H and O–H groups in total. The zero-order valence-electron chi connectivity index (χ0n) is 21.2. The van der Waals surface area contributed by atoms with Gasteiger partial charge in [-0.3, -0.25) is 9.59 Å². The van der Waals surface area contributed by atoms with Crippen LogP contribution in [0.3, 0.4) is 0 Å². The number of carbonyl (C=O) groups excluding carboxylic acids is 2. The summed E-state index contributed by atoms with van der Waals surface area (Å²) in [4.78, 5) is 30.4. The lowest BCUT2D eigenvalue weighted by molar-refractivity contribution is -0.140. The molecule has 1 amide bonds. The number of benzene rings is 3. The Kier molecular flexibility index (Phi) is 7.60. The maximum atomic E-state index is 13.4. The molecule has 1 heterocycles. The zero-order chi connectivity index (χ0) is 25.8. The Bertz CT molecular complexity index is 1310. The van der Waals surface area contributed by atoms with Gasteiger partial charge < -0.3 is 24.4 Å². The van der Waals surface area contributed by atoms with Crippen molar-refractivity contribution in [1.29, 1.82) is 0 Å². The van der Waals surface area contributed by atoms with E-state index in [0.29, 0.717) is 30.0 Å². The number of aliphatic hydroxyl groups excluding tert-OH is 1. The van der Waals surface area contributed by atoms with Gasteiger partial charge in [0.25, 0.3) is 11.7 Å². The molecule has 3 aromatic carbocycles. The predicted octanol–water partition coefficient (Wildman–Crippen LogP) is 4.62. The Hall–Kier alpha value is -3.84. The van der Waals surface area contributed by atoms with Gasteiger partial charge in [0.15, 0.2) is 0 Å². The van der Waals surface area contributed by atoms with Crippen molar-refractivity contribution in [2.75, 3.05) is 40.4 Å². The lowest BCUT2D eigenvalue weighted by Gasteiger charge is -2.29. The van der Waals surface area contributed by atoms with Gasteiger partial charge in [-0.05, 0) is 48.1 Å². The number of fused-ring (bicyclic) bond motifs is 1. The van der Waals surface area contributed by atoms with E-state index in [-0.39, 0.29) is 11.3 Å². The lowest BCUT2D eigenvalue weighted by atomic mass is 9.94. The lowest BCUT2D eigenvalue weighted by Crippen LogP contribution is -2.38. The molecule has 0 saturated carbocycles. The summed E-state index contributed by atoms with van der Waals surface area (Å²) in [7, 11) is 3.16. The van der Waals surface area contributed by atoms with E-state index in [1.165, 1.54) is 0 Å². The minimum absolute atomic E-state index is 0.0666. The number of methoxy groups -OCH3 is 2. The molecular formula is C29H32N2O5. The minimum Gasteiger partial charge on any atom is -0.507 e. The van der Waals surface area contributed by atoms with Gasteiger partial charge in [0.1, 0.15) is 17.3 Å². The van der Waals surface area contributed by atoms with Crippen LogP contribution in [-0.4, -0.2) is 67.0 Å². The van der Waals surface area contributed by atoms with Crippen LogP contribution in [0.1, 0.15) is 31.0 Å². The number of rotatable bonds is 9. The number of likely N-dealkylation sites (tertiary alicyclic amines) is 1. The van der Waals surface area contributed by atoms with Gasteiger partial charge in [-0.15, -0.1) is 0 Å². The molecule has 1 atom stereocenters. The van der Waals surface area contributed by atoms with Crippen LogP contribution in [0, 0.1) is 0 Å². The van der Waals surface area contributed by atoms with Crippen LogP contribution in [0.25, 0.3) is 16.5 Å². The summed E-state index contributed by atoms with van der Waals surface area (Å²) in [5.41, 5.74) is 1.19. The summed E-state index contributed by atoms with van der Waals surface area (Å²) in [5, 5.41) is 13.3. The molecule has 0 radical (unpaired) electrons. The highest BCUT2D eigenvalue weighted by atomic mass is 16.5. The molecule has 0 bridgehead atoms. The number of aliphatic hydroxyl groups is 1. The Labute approximate surface area is 211 Å². The van der Waals surface area contributed by atoms with Crippen LogP contribution in [0.2, 0.25) is 0 Å². The second-order valence-corrected chi connectivity index (χ2v) is 8.69. The first kappa shape index (κ1) is 25.3. The summed E-state index contributed by atoms with van der Waals surface area (Å²) in [6.07, 6.45) is 0. The number of carbonyl (C=O) groups is 2. The van der Waals surface area contributed by atoms with Crippen molar-refractivity contribution in [1.82, 2.24) is 9.80 Å². The Morgan fingerprint density at radius 1 is 0.944 bits per heavy atom. The quantitative estimate of drug-likeness (QED) is 0.269. The molecule has 1 aliphatic heterocycles. The number of para-hydroxylation sites is 1. The van der Waals surface area contributed by atoms with Crippen molar-refractivity contribution in [3.8, 4) is 11.5 Å². The Morgan fingerprint density at radius 3 is 2.33 bits per heavy atom. The van der Waals surface area contributed by atoms with Gasteiger partial charge in [0.05, 0.1) is 25.8 Å². The van der Waals surface area contributed by atoms with Crippen LogP contribution in [0.4, 0.5) is 0 Å². The number of hydrogen-bond acceptors (Lipinski definition) is 6. The topological polar surface area (TPSA) is 79.3 Å². The van der Waals surface area contributed by atoms with E-state index in [9.17, 15) is 14.7 Å². The molecule has 36 heavy (non-hydrogen) atoms. The second-order valence-electron chi connectivity index (χ2n) is 8.69. The number of ether oxygens (including phenoxy) is 2. The van der Waals surface area contributed by atoms with E-state index in [4.69, 9.17) is 9.47 Å². The predicted molar refractivity (Wildman–Crippen MR) is 140 cm³/mol. The normalized spacial score (nSPS) is 17.2. The second kappa shape index (κ2) is 10.8. The van der Waals surface area contributed by atoms with E-state index in [1.54, 1.807) is 31.3 Å². The SMILES string of the molecule is CCN(CC)CCN1C(=O)C(=O)/C(=C(/O)c2ccc3cc(OC)ccc3c2)C1c1ccccc1OC. The number of hydrogen-bond donors (Lipinski definition) is 1. The highest BCUT2D eigenvalue weighted by Gasteiger charge is 2.46. The summed E-state index contributed by atoms with van der Waals surface area (Å²) >= 11 is 0. The fourth-order valence-corrected chi connectivity index (χ4v) is 4.77. The molecule has 0 spiro atoms. The van der Waals surface area contributed by atoms with E-state index in [2.05, 4.69) is 18.7 Å². The fraction of sp³-hybridized carbons (Fsp3) is 0.310. The maximum Gasteiger partial charge on any atom is 0.295 e. The zero-order valence-corrected chi connectivity index (χ0v) is 21.2. The van der Waals surface area contributed by atoms with Crippen molar-refractivity contribution in [2.45, 2.75) is 19.9 Å². The number of amides is 1. The summed E-state index contributed by atoms with van der Waals surface area (Å²) in [6, 6.07) is 17.6. The smallest absolute Gasteiger partial charge is 0.295 e. The third kappa shape index (κ3) is 4.66. The van der Waals surface area contributed by atoms with Gasteiger partial charge in [0.2, 0.25) is 0 Å². The first-order valence-electron chi connectivity index (χ1n) is 12.1. The van der Waals surface area contributed by atoms with Crippen LogP contribution in [0.5, 0.6) is 11.5 Å². The molecule has 0 aliphatic carbocycles. The van der Waals surface area contributed by atoms with E-state index in [1.807, 2.05) is 48.5 Å². The molecular weight excluding hydrogens is 456 g/mol. The van der Waals surface area contributed by atoms with Crippen molar-refractivity contribution in [3.63, 3.8) is 0 Å². The molecule has 1 fully saturated rings. The van der Waals surface area contributed by atoms with Crippen LogP contribution in [-0.2, 0) is 9.59 Å². The van der Waals surface area contributed by atoms with Gasteiger partial charge >= 0.3 is 0 Å². The van der Waals surface area contributed by atoms with Crippen molar-refractivity contribution < 1.29 is 24.2 Å². The standard InChI is InChI=1S/C29H32N2O5/c1-5-30(6-2)15-16-31-26(23-9-7-8-10-24(23)36-4)25(28(33)29(31)34)27(32)21-12-11-20-18-22(35-3)14-13-19(20)17-21/h7-14,17-18,26,32H,5-6,15-16H2,1-4H3/b27-25+. The van der Waals surface area contributed by atoms with Crippen molar-refractivity contribution >= 4 is 28.2 Å². The Morgan fingerprint density at radius 2 is 1.64 bits per heavy atom. The molecule has 7 nitrogen and oxygen atoms in total. The number of Topliss-reactive ketones (excluding diaryl/α,β-unsaturated/α-hetero) is 1. The summed E-state index contributed by atoms with van der Waals surface area (Å²) < 4.78 is 10.9. The van der Waals surface area contributed by atoms with E-state index < -0.39 is 17.7 Å². The molecule has 4 rings (SSSR count). The summed E-state index contributed by atoms with van der Waals surface area (Å²) in [6.45, 7) is 6.76.